The maximum atomic E-state index is 3.86. The summed E-state index contributed by atoms with van der Waals surface area (Å²) in [5.41, 5.74) is 20.9. The van der Waals surface area contributed by atoms with Crippen molar-refractivity contribution in [3.63, 3.8) is 0 Å². The van der Waals surface area contributed by atoms with Crippen LogP contribution in [0.3, 0.4) is 0 Å². The van der Waals surface area contributed by atoms with Crippen LogP contribution in [0.25, 0.3) is 11.1 Å². The van der Waals surface area contributed by atoms with Gasteiger partial charge in [-0.1, -0.05) is 139 Å². The summed E-state index contributed by atoms with van der Waals surface area (Å²) >= 11 is 0. The Hall–Kier alpha value is -4.30. The highest BCUT2D eigenvalue weighted by atomic mass is 15.1. The van der Waals surface area contributed by atoms with Crippen molar-refractivity contribution >= 4 is 28.4 Å². The quantitative estimate of drug-likeness (QED) is 0.170. The van der Waals surface area contributed by atoms with Gasteiger partial charge in [0, 0.05) is 22.7 Å². The summed E-state index contributed by atoms with van der Waals surface area (Å²) in [6.45, 7) is 39.6. The molecule has 0 aliphatic heterocycles. The highest BCUT2D eigenvalue weighted by Gasteiger charge is 2.46. The van der Waals surface area contributed by atoms with Crippen molar-refractivity contribution in [2.24, 2.45) is 0 Å². The van der Waals surface area contributed by atoms with Crippen molar-refractivity contribution in [1.82, 2.24) is 0 Å². The molecule has 0 aromatic heterocycles. The van der Waals surface area contributed by atoms with Crippen LogP contribution in [0.1, 0.15) is 153 Å². The number of anilines is 5. The molecule has 0 fully saturated rings. The predicted octanol–water partition coefficient (Wildman–Crippen LogP) is 16.0. The maximum Gasteiger partial charge on any atom is 0.0520 e. The van der Waals surface area contributed by atoms with Crippen molar-refractivity contribution < 1.29 is 0 Å². The number of hydrogen-bond acceptors (Lipinski definition) is 2. The lowest BCUT2D eigenvalue weighted by molar-refractivity contribution is 0.299. The van der Waals surface area contributed by atoms with Gasteiger partial charge in [-0.25, -0.2) is 0 Å². The van der Waals surface area contributed by atoms with Gasteiger partial charge in [-0.05, 0) is 165 Å². The maximum absolute atomic E-state index is 3.86. The summed E-state index contributed by atoms with van der Waals surface area (Å²) in [6.07, 6.45) is 2.25. The third kappa shape index (κ3) is 7.12. The van der Waals surface area contributed by atoms with E-state index in [2.05, 4.69) is 213 Å². The smallest absolute Gasteiger partial charge is 0.0520 e. The monoisotopic (exact) mass is 747 g/mol. The number of hydrogen-bond donors (Lipinski definition) is 1. The fraction of sp³-hybridized carbons (Fsp3) is 0.444. The standard InChI is InChI=1S/C54H70N2/c1-18-54(17,19-2)38-20-23-42(24-21-38)56(49-36(5)30-40(31-37(49)6)51(10,11)12)43-25-27-45-44-26-22-41(32-46(44)52(13,14)53(15,16)47(45)33-43)55-48-34(3)28-39(29-35(48)4)50(7,8)9/h20-33,55H,18-19H2,1-17H3. The second-order valence-electron chi connectivity index (χ2n) is 20.5. The van der Waals surface area contributed by atoms with Crippen molar-refractivity contribution in [3.8, 4) is 11.1 Å². The van der Waals surface area contributed by atoms with E-state index in [9.17, 15) is 0 Å². The SMILES string of the molecule is CCC(C)(CC)c1ccc(N(c2ccc3c(c2)C(C)(C)C(C)(C)c2cc(Nc4c(C)cc(C(C)(C)C)cc4C)ccc2-3)c2c(C)cc(C(C)(C)C)cc2C)cc1. The van der Waals surface area contributed by atoms with E-state index in [0.717, 1.165) is 18.5 Å². The third-order valence-electron chi connectivity index (χ3n) is 14.1. The van der Waals surface area contributed by atoms with E-state index in [1.807, 2.05) is 0 Å². The molecule has 0 heterocycles. The third-order valence-corrected chi connectivity index (χ3v) is 14.1. The zero-order valence-electron chi connectivity index (χ0n) is 37.9. The lowest BCUT2D eigenvalue weighted by Gasteiger charge is -2.49. The first-order valence-electron chi connectivity index (χ1n) is 21.1. The van der Waals surface area contributed by atoms with E-state index in [4.69, 9.17) is 0 Å². The largest absolute Gasteiger partial charge is 0.355 e. The molecule has 56 heavy (non-hydrogen) atoms. The van der Waals surface area contributed by atoms with Crippen molar-refractivity contribution in [3.05, 3.63) is 135 Å². The van der Waals surface area contributed by atoms with Crippen LogP contribution < -0.4 is 10.2 Å². The van der Waals surface area contributed by atoms with E-state index in [1.165, 1.54) is 83.9 Å². The second-order valence-corrected chi connectivity index (χ2v) is 20.5. The molecule has 5 aromatic carbocycles. The van der Waals surface area contributed by atoms with Gasteiger partial charge in [0.1, 0.15) is 0 Å². The van der Waals surface area contributed by atoms with Gasteiger partial charge >= 0.3 is 0 Å². The molecule has 296 valence electrons. The predicted molar refractivity (Wildman–Crippen MR) is 247 cm³/mol. The van der Waals surface area contributed by atoms with Gasteiger partial charge in [-0.3, -0.25) is 0 Å². The van der Waals surface area contributed by atoms with Crippen LogP contribution in [0.4, 0.5) is 28.4 Å². The zero-order chi connectivity index (χ0) is 41.3. The summed E-state index contributed by atoms with van der Waals surface area (Å²) in [6, 6.07) is 33.3. The molecule has 0 amide bonds. The van der Waals surface area contributed by atoms with Gasteiger partial charge in [0.25, 0.3) is 0 Å². The molecule has 1 aliphatic carbocycles. The van der Waals surface area contributed by atoms with E-state index >= 15 is 0 Å². The van der Waals surface area contributed by atoms with E-state index < -0.39 is 0 Å². The number of benzene rings is 5. The van der Waals surface area contributed by atoms with Gasteiger partial charge in [0.2, 0.25) is 0 Å². The van der Waals surface area contributed by atoms with Crippen LogP contribution >= 0.6 is 0 Å². The Morgan fingerprint density at radius 1 is 0.500 bits per heavy atom. The van der Waals surface area contributed by atoms with Gasteiger partial charge in [0.05, 0.1) is 5.69 Å². The molecule has 5 aromatic rings. The number of rotatable bonds is 8. The lowest BCUT2D eigenvalue weighted by Crippen LogP contribution is -2.43. The fourth-order valence-electron chi connectivity index (χ4n) is 9.03. The summed E-state index contributed by atoms with van der Waals surface area (Å²) in [5.74, 6) is 0. The highest BCUT2D eigenvalue weighted by Crippen LogP contribution is 2.56. The van der Waals surface area contributed by atoms with Crippen molar-refractivity contribution in [2.75, 3.05) is 10.2 Å². The van der Waals surface area contributed by atoms with Gasteiger partial charge in [0.15, 0.2) is 0 Å². The molecule has 0 atom stereocenters. The Labute approximate surface area is 341 Å². The molecule has 6 rings (SSSR count). The highest BCUT2D eigenvalue weighted by molar-refractivity contribution is 5.86. The van der Waals surface area contributed by atoms with Crippen LogP contribution in [0.15, 0.2) is 84.9 Å². The number of fused-ring (bicyclic) bond motifs is 3. The Balaban J connectivity index is 1.50. The second kappa shape index (κ2) is 14.3. The molecule has 0 bridgehead atoms. The van der Waals surface area contributed by atoms with E-state index in [-0.39, 0.29) is 27.1 Å². The molecule has 0 unspecified atom stereocenters. The van der Waals surface area contributed by atoms with E-state index in [1.54, 1.807) is 0 Å². The molecule has 0 spiro atoms. The van der Waals surface area contributed by atoms with Gasteiger partial charge in [-0.15, -0.1) is 0 Å². The van der Waals surface area contributed by atoms with Crippen LogP contribution in [0.2, 0.25) is 0 Å². The zero-order valence-corrected chi connectivity index (χ0v) is 37.9. The number of nitrogens with one attached hydrogen (secondary N) is 1. The summed E-state index contributed by atoms with van der Waals surface area (Å²) in [7, 11) is 0. The molecule has 0 radical (unpaired) electrons. The Bertz CT molecular complexity index is 2220. The molecule has 1 N–H and O–H groups in total. The fourth-order valence-corrected chi connectivity index (χ4v) is 9.03. The summed E-state index contributed by atoms with van der Waals surface area (Å²) < 4.78 is 0. The Kier molecular flexibility index (Phi) is 10.5. The first kappa shape index (κ1) is 41.3. The van der Waals surface area contributed by atoms with Crippen LogP contribution in [0, 0.1) is 27.7 Å². The lowest BCUT2D eigenvalue weighted by atomic mass is 9.55. The Morgan fingerprint density at radius 2 is 0.929 bits per heavy atom. The minimum absolute atomic E-state index is 0.0734. The first-order valence-corrected chi connectivity index (χ1v) is 21.1. The molecule has 1 aliphatic rings. The first-order chi connectivity index (χ1) is 25.9. The minimum Gasteiger partial charge on any atom is -0.355 e. The average Bonchev–Trinajstić information content (AvgIpc) is 3.12. The molecular formula is C54H70N2. The topological polar surface area (TPSA) is 15.3 Å². The average molecular weight is 747 g/mol. The van der Waals surface area contributed by atoms with Crippen molar-refractivity contribution in [2.45, 2.75) is 158 Å². The van der Waals surface area contributed by atoms with E-state index in [0.29, 0.717) is 0 Å². The van der Waals surface area contributed by atoms with Gasteiger partial charge < -0.3 is 10.2 Å². The van der Waals surface area contributed by atoms with Gasteiger partial charge in [-0.2, -0.15) is 0 Å². The molecule has 0 saturated carbocycles. The number of aryl methyl sites for hydroxylation is 4. The minimum atomic E-state index is -0.149. The van der Waals surface area contributed by atoms with Crippen LogP contribution in [-0.4, -0.2) is 0 Å². The molecule has 2 nitrogen and oxygen atoms in total. The Morgan fingerprint density at radius 3 is 1.39 bits per heavy atom. The van der Waals surface area contributed by atoms with Crippen LogP contribution in [0.5, 0.6) is 0 Å². The summed E-state index contributed by atoms with van der Waals surface area (Å²) in [4.78, 5) is 2.53. The number of nitrogens with zero attached hydrogens (tertiary/aromatic N) is 1. The van der Waals surface area contributed by atoms with Crippen molar-refractivity contribution in [1.29, 1.82) is 0 Å². The molecular weight excluding hydrogens is 677 g/mol. The molecule has 2 heteroatoms. The summed E-state index contributed by atoms with van der Waals surface area (Å²) in [5, 5.41) is 3.86. The molecule has 0 saturated heterocycles. The van der Waals surface area contributed by atoms with Crippen LogP contribution in [-0.2, 0) is 27.1 Å². The normalized spacial score (nSPS) is 14.9.